The predicted octanol–water partition coefficient (Wildman–Crippen LogP) is 3.32. The molecule has 0 aliphatic carbocycles. The highest BCUT2D eigenvalue weighted by atomic mass is 16.5. The number of hydrogen-bond donors (Lipinski definition) is 1. The molecule has 0 bridgehead atoms. The summed E-state index contributed by atoms with van der Waals surface area (Å²) in [5, 5.41) is 3.22. The molecule has 3 heteroatoms. The molecule has 2 rings (SSSR count). The molecule has 0 radical (unpaired) electrons. The summed E-state index contributed by atoms with van der Waals surface area (Å²) in [7, 11) is 0. The summed E-state index contributed by atoms with van der Waals surface area (Å²) in [5.41, 5.74) is 1.20. The largest absolute Gasteiger partial charge is 0.494 e. The Morgan fingerprint density at radius 1 is 1.30 bits per heavy atom. The minimum Gasteiger partial charge on any atom is -0.494 e. The number of amides is 1. The van der Waals surface area contributed by atoms with Gasteiger partial charge in [-0.3, -0.25) is 4.79 Å². The third-order valence-electron chi connectivity index (χ3n) is 3.81. The molecule has 3 nitrogen and oxygen atoms in total. The van der Waals surface area contributed by atoms with E-state index in [1.807, 2.05) is 19.1 Å². The lowest BCUT2D eigenvalue weighted by atomic mass is 9.82. The van der Waals surface area contributed by atoms with E-state index in [0.717, 1.165) is 25.0 Å². The maximum Gasteiger partial charge on any atom is 0.220 e. The van der Waals surface area contributed by atoms with Crippen molar-refractivity contribution in [2.75, 3.05) is 6.61 Å². The average molecular weight is 275 g/mol. The number of nitrogens with one attached hydrogen (secondary N) is 1. The summed E-state index contributed by atoms with van der Waals surface area (Å²) in [6.07, 6.45) is 3.54. The molecule has 0 saturated carbocycles. The van der Waals surface area contributed by atoms with Gasteiger partial charge in [0.2, 0.25) is 5.91 Å². The molecule has 0 aromatic heterocycles. The first-order chi connectivity index (χ1) is 9.53. The van der Waals surface area contributed by atoms with E-state index in [0.29, 0.717) is 18.9 Å². The van der Waals surface area contributed by atoms with E-state index in [9.17, 15) is 4.79 Å². The summed E-state index contributed by atoms with van der Waals surface area (Å²) in [6.45, 7) is 7.10. The van der Waals surface area contributed by atoms with Gasteiger partial charge in [0.1, 0.15) is 5.75 Å². The molecule has 1 aliphatic heterocycles. The number of benzene rings is 1. The van der Waals surface area contributed by atoms with Crippen LogP contribution in [0, 0.1) is 5.92 Å². The molecular formula is C17H25NO2. The van der Waals surface area contributed by atoms with Crippen LogP contribution in [0.25, 0.3) is 0 Å². The molecule has 1 amide bonds. The minimum atomic E-state index is -0.0572. The molecule has 1 heterocycles. The van der Waals surface area contributed by atoms with Crippen LogP contribution >= 0.6 is 0 Å². The molecule has 0 spiro atoms. The van der Waals surface area contributed by atoms with Crippen LogP contribution in [0.3, 0.4) is 0 Å². The fourth-order valence-electron chi connectivity index (χ4n) is 3.17. The molecular weight excluding hydrogens is 250 g/mol. The number of ether oxygens (including phenoxy) is 1. The van der Waals surface area contributed by atoms with Gasteiger partial charge in [-0.2, -0.15) is 0 Å². The Labute approximate surface area is 121 Å². The Morgan fingerprint density at radius 2 is 2.00 bits per heavy atom. The second-order valence-electron chi connectivity index (χ2n) is 6.18. The molecule has 1 aromatic carbocycles. The Balaban J connectivity index is 2.09. The Kier molecular flexibility index (Phi) is 4.69. The maximum absolute atomic E-state index is 11.6. The SMILES string of the molecule is CCOc1ccc(CC2(CC(C)C)CCC(=O)N2)cc1. The van der Waals surface area contributed by atoms with Crippen LogP contribution in [0.2, 0.25) is 0 Å². The quantitative estimate of drug-likeness (QED) is 0.865. The van der Waals surface area contributed by atoms with Gasteiger partial charge in [0.15, 0.2) is 0 Å². The first-order valence-electron chi connectivity index (χ1n) is 7.56. The zero-order chi connectivity index (χ0) is 14.6. The maximum atomic E-state index is 11.6. The fourth-order valence-corrected chi connectivity index (χ4v) is 3.17. The predicted molar refractivity (Wildman–Crippen MR) is 80.9 cm³/mol. The van der Waals surface area contributed by atoms with E-state index in [-0.39, 0.29) is 11.4 Å². The standard InChI is InChI=1S/C17H25NO2/c1-4-20-15-7-5-14(6-8-15)12-17(11-13(2)3)10-9-16(19)18-17/h5-8,13H,4,9-12H2,1-3H3,(H,18,19). The number of carbonyl (C=O) groups excluding carboxylic acids is 1. The summed E-state index contributed by atoms with van der Waals surface area (Å²) >= 11 is 0. The van der Waals surface area contributed by atoms with Gasteiger partial charge in [-0.1, -0.05) is 26.0 Å². The van der Waals surface area contributed by atoms with Crippen molar-refractivity contribution in [1.29, 1.82) is 0 Å². The van der Waals surface area contributed by atoms with Crippen LogP contribution in [0.15, 0.2) is 24.3 Å². The summed E-state index contributed by atoms with van der Waals surface area (Å²) < 4.78 is 5.47. The first kappa shape index (κ1) is 14.9. The highest BCUT2D eigenvalue weighted by Gasteiger charge is 2.37. The van der Waals surface area contributed by atoms with E-state index < -0.39 is 0 Å². The molecule has 110 valence electrons. The zero-order valence-corrected chi connectivity index (χ0v) is 12.7. The third kappa shape index (κ3) is 3.75. The van der Waals surface area contributed by atoms with Crippen molar-refractivity contribution in [3.63, 3.8) is 0 Å². The second-order valence-corrected chi connectivity index (χ2v) is 6.18. The van der Waals surface area contributed by atoms with Gasteiger partial charge >= 0.3 is 0 Å². The van der Waals surface area contributed by atoms with E-state index >= 15 is 0 Å². The van der Waals surface area contributed by atoms with Gasteiger partial charge in [-0.05, 0) is 49.8 Å². The van der Waals surface area contributed by atoms with Crippen LogP contribution in [0.1, 0.15) is 45.6 Å². The Morgan fingerprint density at radius 3 is 2.50 bits per heavy atom. The first-order valence-corrected chi connectivity index (χ1v) is 7.56. The zero-order valence-electron chi connectivity index (χ0n) is 12.7. The molecule has 1 aromatic rings. The monoisotopic (exact) mass is 275 g/mol. The fraction of sp³-hybridized carbons (Fsp3) is 0.588. The molecule has 1 atom stereocenters. The lowest BCUT2D eigenvalue weighted by molar-refractivity contribution is -0.119. The summed E-state index contributed by atoms with van der Waals surface area (Å²) in [6, 6.07) is 8.24. The lowest BCUT2D eigenvalue weighted by Crippen LogP contribution is -2.44. The van der Waals surface area contributed by atoms with E-state index in [2.05, 4.69) is 31.3 Å². The molecule has 1 fully saturated rings. The van der Waals surface area contributed by atoms with Crippen LogP contribution < -0.4 is 10.1 Å². The van der Waals surface area contributed by atoms with Crippen molar-refractivity contribution in [2.24, 2.45) is 5.92 Å². The van der Waals surface area contributed by atoms with Gasteiger partial charge in [0.05, 0.1) is 6.61 Å². The molecule has 1 unspecified atom stereocenters. The highest BCUT2D eigenvalue weighted by molar-refractivity contribution is 5.79. The van der Waals surface area contributed by atoms with Crippen LogP contribution in [0.4, 0.5) is 0 Å². The van der Waals surface area contributed by atoms with Crippen molar-refractivity contribution < 1.29 is 9.53 Å². The van der Waals surface area contributed by atoms with Gasteiger partial charge in [-0.15, -0.1) is 0 Å². The molecule has 1 N–H and O–H groups in total. The van der Waals surface area contributed by atoms with Crippen molar-refractivity contribution in [3.05, 3.63) is 29.8 Å². The van der Waals surface area contributed by atoms with Crippen LogP contribution in [-0.2, 0) is 11.2 Å². The highest BCUT2D eigenvalue weighted by Crippen LogP contribution is 2.31. The van der Waals surface area contributed by atoms with Crippen LogP contribution in [-0.4, -0.2) is 18.1 Å². The number of carbonyl (C=O) groups is 1. The van der Waals surface area contributed by atoms with Crippen molar-refractivity contribution >= 4 is 5.91 Å². The van der Waals surface area contributed by atoms with Crippen molar-refractivity contribution in [3.8, 4) is 5.75 Å². The summed E-state index contributed by atoms with van der Waals surface area (Å²) in [4.78, 5) is 11.6. The molecule has 20 heavy (non-hydrogen) atoms. The topological polar surface area (TPSA) is 38.3 Å². The van der Waals surface area contributed by atoms with E-state index in [1.165, 1.54) is 5.56 Å². The van der Waals surface area contributed by atoms with Gasteiger partial charge < -0.3 is 10.1 Å². The van der Waals surface area contributed by atoms with Crippen LogP contribution in [0.5, 0.6) is 5.75 Å². The van der Waals surface area contributed by atoms with E-state index in [4.69, 9.17) is 4.74 Å². The second kappa shape index (κ2) is 6.29. The van der Waals surface area contributed by atoms with Gasteiger partial charge in [0.25, 0.3) is 0 Å². The van der Waals surface area contributed by atoms with Gasteiger partial charge in [0, 0.05) is 12.0 Å². The smallest absolute Gasteiger partial charge is 0.220 e. The Hall–Kier alpha value is -1.51. The van der Waals surface area contributed by atoms with Crippen molar-refractivity contribution in [2.45, 2.75) is 52.0 Å². The average Bonchev–Trinajstić information content (AvgIpc) is 2.72. The molecule has 1 aliphatic rings. The van der Waals surface area contributed by atoms with Crippen molar-refractivity contribution in [1.82, 2.24) is 5.32 Å². The third-order valence-corrected chi connectivity index (χ3v) is 3.81. The minimum absolute atomic E-state index is 0.0572. The van der Waals surface area contributed by atoms with E-state index in [1.54, 1.807) is 0 Å². The normalized spacial score (nSPS) is 22.1. The molecule has 1 saturated heterocycles. The number of rotatable bonds is 6. The Bertz CT molecular complexity index is 453. The summed E-state index contributed by atoms with van der Waals surface area (Å²) in [5.74, 6) is 1.68. The van der Waals surface area contributed by atoms with Gasteiger partial charge in [-0.25, -0.2) is 0 Å². The lowest BCUT2D eigenvalue weighted by Gasteiger charge is -2.31. The number of hydrogen-bond acceptors (Lipinski definition) is 2.